The zero-order chi connectivity index (χ0) is 17.5. The Morgan fingerprint density at radius 3 is 2.68 bits per heavy atom. The van der Waals surface area contributed by atoms with Gasteiger partial charge in [0, 0.05) is 45.0 Å². The van der Waals surface area contributed by atoms with Crippen molar-refractivity contribution in [1.82, 2.24) is 9.80 Å². The average Bonchev–Trinajstić information content (AvgIpc) is 2.89. The molecule has 136 valence electrons. The smallest absolute Gasteiger partial charge is 0.321 e. The molecular weight excluding hydrogens is 318 g/mol. The van der Waals surface area contributed by atoms with Crippen LogP contribution in [0.25, 0.3) is 6.08 Å². The van der Waals surface area contributed by atoms with Crippen molar-refractivity contribution in [3.05, 3.63) is 36.4 Å². The Hall–Kier alpha value is -1.89. The van der Waals surface area contributed by atoms with Crippen LogP contribution in [0.15, 0.2) is 30.8 Å². The molecule has 2 fully saturated rings. The number of nitrogens with zero attached hydrogens (tertiary/aromatic N) is 2. The van der Waals surface area contributed by atoms with Gasteiger partial charge in [0.2, 0.25) is 0 Å². The van der Waals surface area contributed by atoms with E-state index in [0.29, 0.717) is 13.2 Å². The highest BCUT2D eigenvalue weighted by Gasteiger charge is 2.25. The zero-order valence-electron chi connectivity index (χ0n) is 14.7. The average molecular weight is 345 g/mol. The van der Waals surface area contributed by atoms with E-state index in [1.165, 1.54) is 0 Å². The fourth-order valence-corrected chi connectivity index (χ4v) is 3.17. The zero-order valence-corrected chi connectivity index (χ0v) is 14.7. The maximum absolute atomic E-state index is 12.6. The summed E-state index contributed by atoms with van der Waals surface area (Å²) in [6.45, 7) is 10.0. The van der Waals surface area contributed by atoms with Crippen LogP contribution >= 0.6 is 0 Å². The van der Waals surface area contributed by atoms with Crippen LogP contribution in [0.3, 0.4) is 0 Å². The summed E-state index contributed by atoms with van der Waals surface area (Å²) >= 11 is 0. The van der Waals surface area contributed by atoms with Crippen LogP contribution in [0.5, 0.6) is 0 Å². The Bertz CT molecular complexity index is 570. The van der Waals surface area contributed by atoms with Gasteiger partial charge in [-0.15, -0.1) is 0 Å². The van der Waals surface area contributed by atoms with Crippen molar-refractivity contribution in [3.63, 3.8) is 0 Å². The Labute approximate surface area is 149 Å². The van der Waals surface area contributed by atoms with Crippen LogP contribution in [0, 0.1) is 0 Å². The molecule has 1 aromatic rings. The summed E-state index contributed by atoms with van der Waals surface area (Å²) < 4.78 is 11.3. The van der Waals surface area contributed by atoms with E-state index in [1.807, 2.05) is 29.2 Å². The van der Waals surface area contributed by atoms with E-state index >= 15 is 0 Å². The fourth-order valence-electron chi connectivity index (χ4n) is 3.17. The summed E-state index contributed by atoms with van der Waals surface area (Å²) in [7, 11) is 0. The van der Waals surface area contributed by atoms with Crippen LogP contribution in [-0.4, -0.2) is 74.5 Å². The number of nitrogens with one attached hydrogen (secondary N) is 1. The van der Waals surface area contributed by atoms with Gasteiger partial charge in [-0.05, 0) is 24.1 Å². The highest BCUT2D eigenvalue weighted by molar-refractivity contribution is 5.89. The van der Waals surface area contributed by atoms with E-state index < -0.39 is 0 Å². The number of hydrogen-bond donors (Lipinski definition) is 1. The summed E-state index contributed by atoms with van der Waals surface area (Å²) in [5.41, 5.74) is 1.83. The number of carbonyl (C=O) groups is 1. The number of carbonyl (C=O) groups excluding carboxylic acids is 1. The second-order valence-electron chi connectivity index (χ2n) is 6.46. The molecule has 1 N–H and O–H groups in total. The maximum Gasteiger partial charge on any atom is 0.321 e. The Morgan fingerprint density at radius 2 is 1.96 bits per heavy atom. The summed E-state index contributed by atoms with van der Waals surface area (Å²) in [4.78, 5) is 16.8. The van der Waals surface area contributed by atoms with E-state index in [0.717, 1.165) is 57.1 Å². The molecule has 2 aliphatic heterocycles. The van der Waals surface area contributed by atoms with Gasteiger partial charge in [-0.2, -0.15) is 0 Å². The molecule has 0 bridgehead atoms. The molecule has 3 rings (SSSR count). The van der Waals surface area contributed by atoms with Crippen molar-refractivity contribution in [2.45, 2.75) is 12.5 Å². The SMILES string of the molecule is C=Cc1ccc(NC(=O)N2CCCOC(CN3CCOCC3)C2)cc1. The van der Waals surface area contributed by atoms with Gasteiger partial charge >= 0.3 is 6.03 Å². The quantitative estimate of drug-likeness (QED) is 0.910. The molecule has 25 heavy (non-hydrogen) atoms. The van der Waals surface area contributed by atoms with Gasteiger partial charge in [0.1, 0.15) is 0 Å². The van der Waals surface area contributed by atoms with E-state index in [2.05, 4.69) is 16.8 Å². The van der Waals surface area contributed by atoms with Gasteiger partial charge in [-0.25, -0.2) is 4.79 Å². The summed E-state index contributed by atoms with van der Waals surface area (Å²) in [5.74, 6) is 0. The van der Waals surface area contributed by atoms with E-state index in [1.54, 1.807) is 6.08 Å². The molecule has 0 spiro atoms. The minimum Gasteiger partial charge on any atom is -0.379 e. The number of morpholine rings is 1. The molecule has 0 radical (unpaired) electrons. The van der Waals surface area contributed by atoms with Gasteiger partial charge in [0.05, 0.1) is 19.3 Å². The predicted octanol–water partition coefficient (Wildman–Crippen LogP) is 2.28. The van der Waals surface area contributed by atoms with Crippen LogP contribution in [0.1, 0.15) is 12.0 Å². The number of rotatable bonds is 4. The lowest BCUT2D eigenvalue weighted by molar-refractivity contribution is -0.00983. The predicted molar refractivity (Wildman–Crippen MR) is 98.7 cm³/mol. The highest BCUT2D eigenvalue weighted by atomic mass is 16.5. The van der Waals surface area contributed by atoms with Crippen molar-refractivity contribution in [1.29, 1.82) is 0 Å². The van der Waals surface area contributed by atoms with Gasteiger partial charge in [0.15, 0.2) is 0 Å². The van der Waals surface area contributed by atoms with Gasteiger partial charge in [-0.1, -0.05) is 24.8 Å². The lowest BCUT2D eigenvalue weighted by atomic mass is 10.2. The summed E-state index contributed by atoms with van der Waals surface area (Å²) in [6.07, 6.45) is 2.70. The molecule has 2 heterocycles. The summed E-state index contributed by atoms with van der Waals surface area (Å²) in [6, 6.07) is 7.61. The third-order valence-corrected chi connectivity index (χ3v) is 4.60. The van der Waals surface area contributed by atoms with Crippen LogP contribution in [0.4, 0.5) is 10.5 Å². The third-order valence-electron chi connectivity index (χ3n) is 4.60. The molecule has 2 amide bonds. The third kappa shape index (κ3) is 5.29. The molecule has 6 heteroatoms. The molecule has 2 saturated heterocycles. The molecule has 1 unspecified atom stereocenters. The number of amides is 2. The van der Waals surface area contributed by atoms with Crippen LogP contribution < -0.4 is 5.32 Å². The minimum absolute atomic E-state index is 0.0505. The first kappa shape index (κ1) is 17.9. The van der Waals surface area contributed by atoms with Crippen molar-refractivity contribution in [3.8, 4) is 0 Å². The number of urea groups is 1. The topological polar surface area (TPSA) is 54.0 Å². The maximum atomic E-state index is 12.6. The highest BCUT2D eigenvalue weighted by Crippen LogP contribution is 2.14. The fraction of sp³-hybridized carbons (Fsp3) is 0.526. The first-order chi connectivity index (χ1) is 12.2. The largest absolute Gasteiger partial charge is 0.379 e. The second kappa shape index (κ2) is 8.99. The molecule has 1 aromatic carbocycles. The van der Waals surface area contributed by atoms with Crippen molar-refractivity contribution in [2.75, 3.05) is 57.9 Å². The van der Waals surface area contributed by atoms with E-state index in [9.17, 15) is 4.79 Å². The van der Waals surface area contributed by atoms with Crippen LogP contribution in [0.2, 0.25) is 0 Å². The van der Waals surface area contributed by atoms with Gasteiger partial charge < -0.3 is 19.7 Å². The Morgan fingerprint density at radius 1 is 1.20 bits per heavy atom. The number of anilines is 1. The normalized spacial score (nSPS) is 22.2. The first-order valence-corrected chi connectivity index (χ1v) is 8.95. The van der Waals surface area contributed by atoms with Crippen LogP contribution in [-0.2, 0) is 9.47 Å². The molecule has 6 nitrogen and oxygen atoms in total. The van der Waals surface area contributed by atoms with Gasteiger partial charge in [-0.3, -0.25) is 4.90 Å². The van der Waals surface area contributed by atoms with Gasteiger partial charge in [0.25, 0.3) is 0 Å². The lowest BCUT2D eigenvalue weighted by Gasteiger charge is -2.31. The molecule has 1 atom stereocenters. The number of hydrogen-bond acceptors (Lipinski definition) is 4. The number of benzene rings is 1. The molecule has 0 aliphatic carbocycles. The standard InChI is InChI=1S/C19H27N3O3/c1-2-16-4-6-17(7-5-16)20-19(23)22-8-3-11-25-18(15-22)14-21-9-12-24-13-10-21/h2,4-7,18H,1,3,8-15H2,(H,20,23). The van der Waals surface area contributed by atoms with E-state index in [4.69, 9.17) is 9.47 Å². The minimum atomic E-state index is -0.0659. The molecular formula is C19H27N3O3. The number of ether oxygens (including phenoxy) is 2. The molecule has 0 aromatic heterocycles. The lowest BCUT2D eigenvalue weighted by Crippen LogP contribution is -2.46. The summed E-state index contributed by atoms with van der Waals surface area (Å²) in [5, 5.41) is 2.98. The molecule has 2 aliphatic rings. The van der Waals surface area contributed by atoms with Crippen molar-refractivity contribution in [2.24, 2.45) is 0 Å². The van der Waals surface area contributed by atoms with Crippen molar-refractivity contribution < 1.29 is 14.3 Å². The van der Waals surface area contributed by atoms with E-state index in [-0.39, 0.29) is 12.1 Å². The first-order valence-electron chi connectivity index (χ1n) is 8.95. The molecule has 0 saturated carbocycles. The Kier molecular flexibility index (Phi) is 6.44. The second-order valence-corrected chi connectivity index (χ2v) is 6.46. The van der Waals surface area contributed by atoms with Crippen molar-refractivity contribution >= 4 is 17.8 Å². The Balaban J connectivity index is 1.55. The monoisotopic (exact) mass is 345 g/mol.